The van der Waals surface area contributed by atoms with Gasteiger partial charge in [0.1, 0.15) is 5.75 Å². The van der Waals surface area contributed by atoms with Gasteiger partial charge in [-0.15, -0.1) is 0 Å². The highest BCUT2D eigenvalue weighted by Crippen LogP contribution is 2.29. The van der Waals surface area contributed by atoms with Crippen molar-refractivity contribution in [3.63, 3.8) is 0 Å². The summed E-state index contributed by atoms with van der Waals surface area (Å²) in [7, 11) is -2.53. The van der Waals surface area contributed by atoms with E-state index in [1.54, 1.807) is 37.3 Å². The van der Waals surface area contributed by atoms with Crippen LogP contribution in [0.25, 0.3) is 10.9 Å². The second-order valence-electron chi connectivity index (χ2n) is 8.16. The molecule has 3 N–H and O–H groups in total. The van der Waals surface area contributed by atoms with Crippen LogP contribution in [0.1, 0.15) is 34.0 Å². The first-order valence-electron chi connectivity index (χ1n) is 10.9. The van der Waals surface area contributed by atoms with Crippen molar-refractivity contribution in [2.45, 2.75) is 25.2 Å². The van der Waals surface area contributed by atoms with E-state index in [0.717, 1.165) is 22.0 Å². The first-order valence-corrected chi connectivity index (χ1v) is 12.3. The SMILES string of the molecule is COc1cc(C(=O)NS(=O)(=O)c2ccccc2C)ccc1Cc1c[nH]c2ccc(NC(C)=O)cc12. The predicted molar refractivity (Wildman–Crippen MR) is 134 cm³/mol. The number of carbonyl (C=O) groups excluding carboxylic acids is 2. The van der Waals surface area contributed by atoms with E-state index in [1.165, 1.54) is 26.2 Å². The first-order chi connectivity index (χ1) is 16.7. The molecule has 0 saturated carbocycles. The summed E-state index contributed by atoms with van der Waals surface area (Å²) in [5.41, 5.74) is 4.11. The van der Waals surface area contributed by atoms with Crippen molar-refractivity contribution in [3.8, 4) is 5.75 Å². The monoisotopic (exact) mass is 491 g/mol. The minimum absolute atomic E-state index is 0.0508. The molecule has 3 aromatic carbocycles. The van der Waals surface area contributed by atoms with Crippen LogP contribution < -0.4 is 14.8 Å². The van der Waals surface area contributed by atoms with Crippen LogP contribution >= 0.6 is 0 Å². The van der Waals surface area contributed by atoms with Crippen LogP contribution in [0.5, 0.6) is 5.75 Å². The number of sulfonamides is 1. The van der Waals surface area contributed by atoms with Crippen LogP contribution in [0.3, 0.4) is 0 Å². The molecule has 2 amide bonds. The highest BCUT2D eigenvalue weighted by molar-refractivity contribution is 7.90. The number of methoxy groups -OCH3 is 1. The summed E-state index contributed by atoms with van der Waals surface area (Å²) in [6.45, 7) is 3.12. The van der Waals surface area contributed by atoms with E-state index in [-0.39, 0.29) is 16.4 Å². The molecule has 1 aromatic heterocycles. The van der Waals surface area contributed by atoms with Gasteiger partial charge in [-0.25, -0.2) is 13.1 Å². The average molecular weight is 492 g/mol. The maximum atomic E-state index is 12.8. The molecule has 1 heterocycles. The van der Waals surface area contributed by atoms with E-state index >= 15 is 0 Å². The molecule has 0 aliphatic heterocycles. The number of nitrogens with one attached hydrogen (secondary N) is 3. The number of hydrogen-bond acceptors (Lipinski definition) is 5. The van der Waals surface area contributed by atoms with Crippen molar-refractivity contribution >= 4 is 38.4 Å². The molecule has 0 bridgehead atoms. The van der Waals surface area contributed by atoms with Gasteiger partial charge in [-0.2, -0.15) is 0 Å². The van der Waals surface area contributed by atoms with Crippen molar-refractivity contribution < 1.29 is 22.7 Å². The van der Waals surface area contributed by atoms with Crippen LogP contribution in [0, 0.1) is 6.92 Å². The Morgan fingerprint density at radius 1 is 1.00 bits per heavy atom. The smallest absolute Gasteiger partial charge is 0.265 e. The molecule has 0 aliphatic carbocycles. The van der Waals surface area contributed by atoms with E-state index in [2.05, 4.69) is 15.0 Å². The number of fused-ring (bicyclic) bond motifs is 1. The summed E-state index contributed by atoms with van der Waals surface area (Å²) in [5, 5.41) is 3.73. The van der Waals surface area contributed by atoms with E-state index in [0.29, 0.717) is 23.4 Å². The van der Waals surface area contributed by atoms with Crippen LogP contribution in [0.2, 0.25) is 0 Å². The summed E-state index contributed by atoms with van der Waals surface area (Å²) in [4.78, 5) is 27.4. The molecule has 4 rings (SSSR count). The third kappa shape index (κ3) is 5.20. The fourth-order valence-electron chi connectivity index (χ4n) is 3.94. The van der Waals surface area contributed by atoms with Crippen molar-refractivity contribution in [1.29, 1.82) is 0 Å². The summed E-state index contributed by atoms with van der Waals surface area (Å²) < 4.78 is 33.0. The second kappa shape index (κ2) is 9.63. The number of anilines is 1. The number of amides is 2. The standard InChI is InChI=1S/C26H25N3O5S/c1-16-6-4-5-7-25(16)35(32,33)29-26(31)19-9-8-18(24(13-19)34-3)12-20-15-27-23-11-10-21(14-22(20)23)28-17(2)30/h4-11,13-15,27H,12H2,1-3H3,(H,28,30)(H,29,31). The Labute approximate surface area is 203 Å². The number of aryl methyl sites for hydroxylation is 1. The molecule has 0 fully saturated rings. The van der Waals surface area contributed by atoms with Crippen LogP contribution in [0.15, 0.2) is 71.8 Å². The Kier molecular flexibility index (Phi) is 6.61. The maximum Gasteiger partial charge on any atom is 0.265 e. The molecule has 0 radical (unpaired) electrons. The van der Waals surface area contributed by atoms with E-state index in [4.69, 9.17) is 4.74 Å². The van der Waals surface area contributed by atoms with Gasteiger partial charge in [0, 0.05) is 41.7 Å². The fraction of sp³-hybridized carbons (Fsp3) is 0.154. The number of H-pyrrole nitrogens is 1. The highest BCUT2D eigenvalue weighted by Gasteiger charge is 2.21. The molecule has 0 unspecified atom stereocenters. The molecular formula is C26H25N3O5S. The number of benzene rings is 3. The lowest BCUT2D eigenvalue weighted by Crippen LogP contribution is -2.31. The Morgan fingerprint density at radius 3 is 2.49 bits per heavy atom. The highest BCUT2D eigenvalue weighted by atomic mass is 32.2. The second-order valence-corrected chi connectivity index (χ2v) is 9.81. The number of carbonyl (C=O) groups is 2. The van der Waals surface area contributed by atoms with E-state index in [1.807, 2.05) is 24.4 Å². The Balaban J connectivity index is 1.59. The normalized spacial score (nSPS) is 11.3. The molecular weight excluding hydrogens is 466 g/mol. The van der Waals surface area contributed by atoms with Gasteiger partial charge in [0.2, 0.25) is 5.91 Å². The molecule has 4 aromatic rings. The molecule has 0 saturated heterocycles. The van der Waals surface area contributed by atoms with Crippen molar-refractivity contribution in [1.82, 2.24) is 9.71 Å². The van der Waals surface area contributed by atoms with E-state index < -0.39 is 15.9 Å². The number of rotatable bonds is 7. The zero-order valence-electron chi connectivity index (χ0n) is 19.5. The van der Waals surface area contributed by atoms with Gasteiger partial charge in [0.05, 0.1) is 12.0 Å². The summed E-state index contributed by atoms with van der Waals surface area (Å²) in [6.07, 6.45) is 2.38. The van der Waals surface area contributed by atoms with Gasteiger partial charge in [0.15, 0.2) is 0 Å². The largest absolute Gasteiger partial charge is 0.496 e. The lowest BCUT2D eigenvalue weighted by molar-refractivity contribution is -0.114. The van der Waals surface area contributed by atoms with Crippen molar-refractivity contribution in [2.75, 3.05) is 12.4 Å². The topological polar surface area (TPSA) is 117 Å². The van der Waals surface area contributed by atoms with Gasteiger partial charge >= 0.3 is 0 Å². The van der Waals surface area contributed by atoms with Crippen molar-refractivity contribution in [2.24, 2.45) is 0 Å². The average Bonchev–Trinajstić information content (AvgIpc) is 3.20. The summed E-state index contributed by atoms with van der Waals surface area (Å²) >= 11 is 0. The lowest BCUT2D eigenvalue weighted by atomic mass is 10.0. The van der Waals surface area contributed by atoms with Gasteiger partial charge < -0.3 is 15.0 Å². The van der Waals surface area contributed by atoms with Gasteiger partial charge in [-0.05, 0) is 60.0 Å². The molecule has 35 heavy (non-hydrogen) atoms. The number of hydrogen-bond donors (Lipinski definition) is 3. The van der Waals surface area contributed by atoms with Crippen LogP contribution in [-0.2, 0) is 21.2 Å². The number of aromatic nitrogens is 1. The minimum atomic E-state index is -4.02. The number of aromatic amines is 1. The molecule has 180 valence electrons. The van der Waals surface area contributed by atoms with Gasteiger partial charge in [-0.3, -0.25) is 9.59 Å². The Bertz CT molecular complexity index is 1540. The molecule has 8 nitrogen and oxygen atoms in total. The number of ether oxygens (including phenoxy) is 1. The Hall–Kier alpha value is -4.11. The molecule has 0 aliphatic rings. The molecule has 0 atom stereocenters. The first kappa shape index (κ1) is 24.0. The van der Waals surface area contributed by atoms with Gasteiger partial charge in [0.25, 0.3) is 15.9 Å². The maximum absolute atomic E-state index is 12.8. The van der Waals surface area contributed by atoms with Crippen molar-refractivity contribution in [3.05, 3.63) is 89.1 Å². The summed E-state index contributed by atoms with van der Waals surface area (Å²) in [5.74, 6) is -0.440. The zero-order chi connectivity index (χ0) is 25.2. The van der Waals surface area contributed by atoms with Gasteiger partial charge in [-0.1, -0.05) is 24.3 Å². The molecule has 0 spiro atoms. The lowest BCUT2D eigenvalue weighted by Gasteiger charge is -2.12. The molecule has 9 heteroatoms. The fourth-order valence-corrected chi connectivity index (χ4v) is 5.16. The minimum Gasteiger partial charge on any atom is -0.496 e. The van der Waals surface area contributed by atoms with E-state index in [9.17, 15) is 18.0 Å². The van der Waals surface area contributed by atoms with Crippen LogP contribution in [0.4, 0.5) is 5.69 Å². The third-order valence-corrected chi connectivity index (χ3v) is 7.12. The van der Waals surface area contributed by atoms with Crippen LogP contribution in [-0.4, -0.2) is 32.3 Å². The zero-order valence-corrected chi connectivity index (χ0v) is 20.3. The Morgan fingerprint density at radius 2 is 1.77 bits per heavy atom. The predicted octanol–water partition coefficient (Wildman–Crippen LogP) is 4.15. The summed E-state index contributed by atoms with van der Waals surface area (Å²) in [6, 6.07) is 16.9. The quantitative estimate of drug-likeness (QED) is 0.359. The third-order valence-electron chi connectivity index (χ3n) is 5.63.